The highest BCUT2D eigenvalue weighted by Crippen LogP contribution is 2.43. The fourth-order valence-corrected chi connectivity index (χ4v) is 10.4. The molecule has 64 heavy (non-hydrogen) atoms. The van der Waals surface area contributed by atoms with E-state index in [0.717, 1.165) is 37.7 Å². The Balaban J connectivity index is 0.970. The summed E-state index contributed by atoms with van der Waals surface area (Å²) >= 11 is 17.3. The molecule has 0 saturated carbocycles. The molecule has 12 nitrogen and oxygen atoms in total. The molecule has 0 aliphatic carbocycles. The Kier molecular flexibility index (Phi) is 14.6. The van der Waals surface area contributed by atoms with Gasteiger partial charge in [0.25, 0.3) is 0 Å². The maximum absolute atomic E-state index is 13.4. The number of hydrazone groups is 2. The van der Waals surface area contributed by atoms with Crippen LogP contribution in [0, 0.1) is 0 Å². The van der Waals surface area contributed by atoms with Gasteiger partial charge in [0.05, 0.1) is 41.0 Å². The SMILES string of the molecule is CCOC(=O)c1sc2sc(C(=O)OCC)c(COc3ccc(-c4csc(N/N=C/c5ccc(Cl)cc5)n4)cc3)c2c1COc1ccc(-c2csc(N/N=C/c3ccc(Cl)cc3)n2)cc1. The highest BCUT2D eigenvalue weighted by Gasteiger charge is 2.29. The number of nitrogens with zero attached hydrogens (tertiary/aromatic N) is 4. The van der Waals surface area contributed by atoms with Gasteiger partial charge in [-0.15, -0.1) is 45.3 Å². The lowest BCUT2D eigenvalue weighted by Crippen LogP contribution is -2.10. The molecule has 0 unspecified atom stereocenters. The van der Waals surface area contributed by atoms with Crippen LogP contribution in [0.5, 0.6) is 11.5 Å². The second-order valence-corrected chi connectivity index (χ2v) is 18.4. The first-order valence-corrected chi connectivity index (χ1v) is 23.8. The van der Waals surface area contributed by atoms with Gasteiger partial charge in [-0.3, -0.25) is 10.9 Å². The third-order valence-electron chi connectivity index (χ3n) is 9.23. The molecule has 0 radical (unpaired) electrons. The Morgan fingerprint density at radius 2 is 1.02 bits per heavy atom. The fraction of sp³-hybridized carbons (Fsp3) is 0.130. The van der Waals surface area contributed by atoms with Crippen molar-refractivity contribution in [3.63, 3.8) is 0 Å². The lowest BCUT2D eigenvalue weighted by molar-refractivity contribution is 0.0520. The van der Waals surface area contributed by atoms with E-state index in [2.05, 4.69) is 31.0 Å². The van der Waals surface area contributed by atoms with E-state index >= 15 is 0 Å². The van der Waals surface area contributed by atoms with Crippen LogP contribution in [-0.2, 0) is 22.7 Å². The van der Waals surface area contributed by atoms with Crippen molar-refractivity contribution in [1.82, 2.24) is 9.97 Å². The van der Waals surface area contributed by atoms with E-state index in [1.165, 1.54) is 45.3 Å². The molecule has 4 aromatic heterocycles. The zero-order valence-corrected chi connectivity index (χ0v) is 38.8. The number of halogens is 2. The van der Waals surface area contributed by atoms with E-state index in [-0.39, 0.29) is 26.4 Å². The number of nitrogens with one attached hydrogen (secondary N) is 2. The molecular formula is C46H36Cl2N6O6S4. The minimum atomic E-state index is -0.468. The summed E-state index contributed by atoms with van der Waals surface area (Å²) in [7, 11) is 0. The van der Waals surface area contributed by atoms with E-state index < -0.39 is 11.9 Å². The Bertz CT molecular complexity index is 2730. The maximum Gasteiger partial charge on any atom is 0.348 e. The van der Waals surface area contributed by atoms with Crippen LogP contribution in [0.15, 0.2) is 118 Å². The number of carbonyl (C=O) groups is 2. The molecule has 324 valence electrons. The summed E-state index contributed by atoms with van der Waals surface area (Å²) < 4.78 is 24.4. The quantitative estimate of drug-likeness (QED) is 0.0484. The summed E-state index contributed by atoms with van der Waals surface area (Å²) in [4.78, 5) is 36.8. The number of esters is 2. The lowest BCUT2D eigenvalue weighted by Gasteiger charge is -2.11. The molecule has 2 N–H and O–H groups in total. The van der Waals surface area contributed by atoms with Crippen LogP contribution in [0.25, 0.3) is 31.9 Å². The zero-order valence-electron chi connectivity index (χ0n) is 34.0. The standard InChI is InChI=1S/C46H36Cl2N6O6S4/c1-3-57-42(55)40-35(23-59-33-17-9-29(10-18-33)37-25-61-45(51-37)53-49-21-27-5-13-31(47)14-6-27)39-36(41(43(56)58-4-2)64-44(39)63-40)24-60-34-19-11-30(12-20-34)38-26-62-46(52-38)54-50-22-28-7-15-32(48)16-8-28/h5-22,25-26H,3-4,23-24H2,1-2H3,(H,51,53)(H,52,54)/b49-21+,50-22+. The van der Waals surface area contributed by atoms with E-state index in [4.69, 9.17) is 42.1 Å². The van der Waals surface area contributed by atoms with Crippen molar-refractivity contribution in [2.24, 2.45) is 10.2 Å². The molecule has 0 spiro atoms. The Labute approximate surface area is 393 Å². The monoisotopic (exact) mass is 966 g/mol. The van der Waals surface area contributed by atoms with Crippen LogP contribution in [0.4, 0.5) is 10.3 Å². The average molecular weight is 968 g/mol. The van der Waals surface area contributed by atoms with E-state index in [1.807, 2.05) is 83.6 Å². The van der Waals surface area contributed by atoms with Gasteiger partial charge in [0, 0.05) is 48.4 Å². The molecule has 0 aliphatic rings. The molecular weight excluding hydrogens is 932 g/mol. The van der Waals surface area contributed by atoms with Crippen molar-refractivity contribution in [3.8, 4) is 34.0 Å². The number of hydrogen-bond acceptors (Lipinski definition) is 16. The van der Waals surface area contributed by atoms with Crippen LogP contribution in [0.3, 0.4) is 0 Å². The summed E-state index contributed by atoms with van der Waals surface area (Å²) in [5.74, 6) is 0.214. The van der Waals surface area contributed by atoms with Gasteiger partial charge in [-0.2, -0.15) is 10.2 Å². The minimum Gasteiger partial charge on any atom is -0.489 e. The molecule has 0 aliphatic heterocycles. The van der Waals surface area contributed by atoms with Gasteiger partial charge in [-0.25, -0.2) is 19.6 Å². The van der Waals surface area contributed by atoms with Gasteiger partial charge in [0.2, 0.25) is 10.3 Å². The van der Waals surface area contributed by atoms with Crippen molar-refractivity contribution < 1.29 is 28.5 Å². The predicted molar refractivity (Wildman–Crippen MR) is 261 cm³/mol. The van der Waals surface area contributed by atoms with Gasteiger partial charge in [0.1, 0.15) is 34.5 Å². The highest BCUT2D eigenvalue weighted by atomic mass is 35.5. The largest absolute Gasteiger partial charge is 0.489 e. The van der Waals surface area contributed by atoms with Gasteiger partial charge in [0.15, 0.2) is 0 Å². The number of thiophene rings is 2. The normalized spacial score (nSPS) is 11.4. The molecule has 0 amide bonds. The minimum absolute atomic E-state index is 0.0293. The number of anilines is 2. The van der Waals surface area contributed by atoms with Crippen LogP contribution >= 0.6 is 68.5 Å². The van der Waals surface area contributed by atoms with Crippen molar-refractivity contribution in [1.29, 1.82) is 0 Å². The Morgan fingerprint density at radius 1 is 0.609 bits per heavy atom. The first-order chi connectivity index (χ1) is 31.2. The number of ether oxygens (including phenoxy) is 4. The predicted octanol–water partition coefficient (Wildman–Crippen LogP) is 12.9. The molecule has 0 fully saturated rings. The summed E-state index contributed by atoms with van der Waals surface area (Å²) in [6.07, 6.45) is 3.39. The summed E-state index contributed by atoms with van der Waals surface area (Å²) in [5, 5.41) is 15.7. The molecule has 4 aromatic carbocycles. The van der Waals surface area contributed by atoms with Gasteiger partial charge >= 0.3 is 11.9 Å². The second kappa shape index (κ2) is 21.0. The Morgan fingerprint density at radius 3 is 1.41 bits per heavy atom. The molecule has 8 rings (SSSR count). The molecule has 0 atom stereocenters. The van der Waals surface area contributed by atoms with Crippen molar-refractivity contribution >= 4 is 113 Å². The van der Waals surface area contributed by atoms with Gasteiger partial charge < -0.3 is 18.9 Å². The topological polar surface area (TPSA) is 146 Å². The first-order valence-electron chi connectivity index (χ1n) is 19.6. The second-order valence-electron chi connectivity index (χ2n) is 13.5. The van der Waals surface area contributed by atoms with Crippen LogP contribution in [0.2, 0.25) is 10.0 Å². The van der Waals surface area contributed by atoms with E-state index in [0.29, 0.717) is 58.1 Å². The molecule has 4 heterocycles. The smallest absolute Gasteiger partial charge is 0.348 e. The summed E-state index contributed by atoms with van der Waals surface area (Å²) in [6.45, 7) is 3.97. The maximum atomic E-state index is 13.4. The number of fused-ring (bicyclic) bond motifs is 1. The van der Waals surface area contributed by atoms with E-state index in [1.54, 1.807) is 50.5 Å². The lowest BCUT2D eigenvalue weighted by atomic mass is 10.1. The van der Waals surface area contributed by atoms with Crippen LogP contribution in [0.1, 0.15) is 55.4 Å². The van der Waals surface area contributed by atoms with Crippen LogP contribution in [-0.4, -0.2) is 47.5 Å². The van der Waals surface area contributed by atoms with E-state index in [9.17, 15) is 9.59 Å². The van der Waals surface area contributed by atoms with Gasteiger partial charge in [-0.1, -0.05) is 47.5 Å². The third-order valence-corrected chi connectivity index (χ3v) is 13.7. The average Bonchev–Trinajstić information content (AvgIpc) is 4.12. The summed E-state index contributed by atoms with van der Waals surface area (Å²) in [6, 6.07) is 29.8. The number of hydrogen-bond donors (Lipinski definition) is 2. The molecule has 0 saturated heterocycles. The first kappa shape index (κ1) is 44.5. The van der Waals surface area contributed by atoms with Gasteiger partial charge in [-0.05, 0) is 97.8 Å². The number of thiazole rings is 2. The Hall–Kier alpha value is -6.14. The van der Waals surface area contributed by atoms with Crippen molar-refractivity contribution in [2.45, 2.75) is 27.1 Å². The number of rotatable bonds is 18. The van der Waals surface area contributed by atoms with Crippen molar-refractivity contribution in [3.05, 3.63) is 150 Å². The molecule has 18 heteroatoms. The zero-order chi connectivity index (χ0) is 44.4. The summed E-state index contributed by atoms with van der Waals surface area (Å²) in [5.41, 5.74) is 12.3. The number of carbonyl (C=O) groups excluding carboxylic acids is 2. The third kappa shape index (κ3) is 11.0. The molecule has 0 bridgehead atoms. The number of benzene rings is 4. The number of aromatic nitrogens is 2. The highest BCUT2D eigenvalue weighted by molar-refractivity contribution is 7.40. The molecule has 8 aromatic rings. The van der Waals surface area contributed by atoms with Crippen LogP contribution < -0.4 is 20.3 Å². The fourth-order valence-electron chi connectivity index (χ4n) is 6.18. The van der Waals surface area contributed by atoms with Crippen molar-refractivity contribution in [2.75, 3.05) is 24.1 Å².